The van der Waals surface area contributed by atoms with E-state index in [1.807, 2.05) is 0 Å². The third-order valence-electron chi connectivity index (χ3n) is 3.30. The van der Waals surface area contributed by atoms with Gasteiger partial charge in [0.2, 0.25) is 5.91 Å². The van der Waals surface area contributed by atoms with Gasteiger partial charge in [-0.05, 0) is 26.3 Å². The molecular formula is C12H22N2O3. The Labute approximate surface area is 102 Å². The van der Waals surface area contributed by atoms with E-state index in [1.54, 1.807) is 13.8 Å². The van der Waals surface area contributed by atoms with Gasteiger partial charge < -0.3 is 15.4 Å². The maximum absolute atomic E-state index is 11.9. The number of esters is 1. The highest BCUT2D eigenvalue weighted by Crippen LogP contribution is 2.18. The third-order valence-corrected chi connectivity index (χ3v) is 3.30. The van der Waals surface area contributed by atoms with Crippen molar-refractivity contribution in [2.75, 3.05) is 26.7 Å². The van der Waals surface area contributed by atoms with Crippen LogP contribution in [0.5, 0.6) is 0 Å². The molecule has 0 bridgehead atoms. The lowest BCUT2D eigenvalue weighted by molar-refractivity contribution is -0.150. The van der Waals surface area contributed by atoms with E-state index in [4.69, 9.17) is 4.74 Å². The van der Waals surface area contributed by atoms with Crippen molar-refractivity contribution < 1.29 is 14.3 Å². The van der Waals surface area contributed by atoms with Crippen molar-refractivity contribution >= 4 is 11.9 Å². The van der Waals surface area contributed by atoms with Gasteiger partial charge in [-0.3, -0.25) is 9.59 Å². The molecule has 5 nitrogen and oxygen atoms in total. The fourth-order valence-electron chi connectivity index (χ4n) is 1.95. The first kappa shape index (κ1) is 14.0. The number of hydrogen-bond acceptors (Lipinski definition) is 4. The summed E-state index contributed by atoms with van der Waals surface area (Å²) in [4.78, 5) is 23.4. The van der Waals surface area contributed by atoms with Crippen molar-refractivity contribution in [1.29, 1.82) is 0 Å². The molecule has 0 radical (unpaired) electrons. The molecule has 1 rings (SSSR count). The number of carbonyl (C=O) groups is 2. The Balaban J connectivity index is 2.45. The summed E-state index contributed by atoms with van der Waals surface area (Å²) in [6.07, 6.45) is 0. The van der Waals surface area contributed by atoms with E-state index in [-0.39, 0.29) is 17.8 Å². The summed E-state index contributed by atoms with van der Waals surface area (Å²) in [5, 5.41) is 6.01. The largest absolute Gasteiger partial charge is 0.469 e. The van der Waals surface area contributed by atoms with Crippen LogP contribution in [0.3, 0.4) is 0 Å². The van der Waals surface area contributed by atoms with E-state index in [2.05, 4.69) is 17.6 Å². The molecule has 1 heterocycles. The second kappa shape index (κ2) is 5.49. The first-order valence-electron chi connectivity index (χ1n) is 5.95. The highest BCUT2D eigenvalue weighted by Gasteiger charge is 2.33. The van der Waals surface area contributed by atoms with Gasteiger partial charge in [0, 0.05) is 13.1 Å². The molecule has 5 heteroatoms. The zero-order valence-electron chi connectivity index (χ0n) is 11.0. The second-order valence-electron chi connectivity index (χ2n) is 5.34. The summed E-state index contributed by atoms with van der Waals surface area (Å²) < 4.78 is 4.69. The van der Waals surface area contributed by atoms with E-state index in [9.17, 15) is 9.59 Å². The summed E-state index contributed by atoms with van der Waals surface area (Å²) in [6, 6.07) is 0. The van der Waals surface area contributed by atoms with Gasteiger partial charge in [-0.25, -0.2) is 0 Å². The van der Waals surface area contributed by atoms with E-state index in [0.717, 1.165) is 6.54 Å². The molecule has 1 amide bonds. The lowest BCUT2D eigenvalue weighted by atomic mass is 9.92. The lowest BCUT2D eigenvalue weighted by Gasteiger charge is -2.23. The van der Waals surface area contributed by atoms with Crippen LogP contribution in [0, 0.1) is 17.3 Å². The van der Waals surface area contributed by atoms with Crippen LogP contribution >= 0.6 is 0 Å². The molecule has 1 fully saturated rings. The molecule has 1 aliphatic rings. The van der Waals surface area contributed by atoms with Crippen LogP contribution in [-0.4, -0.2) is 38.6 Å². The van der Waals surface area contributed by atoms with Crippen LogP contribution in [-0.2, 0) is 14.3 Å². The highest BCUT2D eigenvalue weighted by atomic mass is 16.5. The SMILES string of the molecule is COC(=O)C(C)(C)CNC(=O)[C@@H]1CNC[C@H]1C. The minimum atomic E-state index is -0.681. The standard InChI is InChI=1S/C12H22N2O3/c1-8-5-13-6-9(8)10(15)14-7-12(2,3)11(16)17-4/h8-9,13H,5-7H2,1-4H3,(H,14,15)/t8-,9-/m1/s1. The summed E-state index contributed by atoms with van der Waals surface area (Å²) in [7, 11) is 1.36. The first-order chi connectivity index (χ1) is 7.88. The van der Waals surface area contributed by atoms with Gasteiger partial charge in [-0.2, -0.15) is 0 Å². The van der Waals surface area contributed by atoms with Gasteiger partial charge in [0.05, 0.1) is 18.4 Å². The molecule has 0 saturated carbocycles. The normalized spacial score (nSPS) is 24.5. The van der Waals surface area contributed by atoms with Crippen LogP contribution in [0.4, 0.5) is 0 Å². The van der Waals surface area contributed by atoms with Gasteiger partial charge in [0.1, 0.15) is 0 Å². The van der Waals surface area contributed by atoms with Crippen molar-refractivity contribution in [3.63, 3.8) is 0 Å². The molecule has 2 atom stereocenters. The van der Waals surface area contributed by atoms with Gasteiger partial charge >= 0.3 is 5.97 Å². The zero-order valence-corrected chi connectivity index (χ0v) is 11.0. The number of hydrogen-bond donors (Lipinski definition) is 2. The summed E-state index contributed by atoms with van der Waals surface area (Å²) in [6.45, 7) is 7.46. The van der Waals surface area contributed by atoms with Crippen LogP contribution in [0.15, 0.2) is 0 Å². The van der Waals surface area contributed by atoms with Crippen molar-refractivity contribution in [2.24, 2.45) is 17.3 Å². The smallest absolute Gasteiger partial charge is 0.313 e. The van der Waals surface area contributed by atoms with Gasteiger partial charge in [-0.15, -0.1) is 0 Å². The fraction of sp³-hybridized carbons (Fsp3) is 0.833. The van der Waals surface area contributed by atoms with Crippen molar-refractivity contribution in [3.8, 4) is 0 Å². The maximum Gasteiger partial charge on any atom is 0.313 e. The molecule has 1 aliphatic heterocycles. The third kappa shape index (κ3) is 3.43. The Morgan fingerprint density at radius 1 is 1.41 bits per heavy atom. The monoisotopic (exact) mass is 242 g/mol. The van der Waals surface area contributed by atoms with Crippen LogP contribution in [0.2, 0.25) is 0 Å². The van der Waals surface area contributed by atoms with Gasteiger partial charge in [0.25, 0.3) is 0 Å². The Kier molecular flexibility index (Phi) is 4.51. The number of amides is 1. The number of carbonyl (C=O) groups excluding carboxylic acids is 2. The highest BCUT2D eigenvalue weighted by molar-refractivity contribution is 5.81. The molecule has 0 unspecified atom stereocenters. The lowest BCUT2D eigenvalue weighted by Crippen LogP contribution is -2.43. The molecular weight excluding hydrogens is 220 g/mol. The van der Waals surface area contributed by atoms with Crippen molar-refractivity contribution in [3.05, 3.63) is 0 Å². The van der Waals surface area contributed by atoms with Gasteiger partial charge in [0.15, 0.2) is 0 Å². The molecule has 98 valence electrons. The predicted molar refractivity (Wildman–Crippen MR) is 64.3 cm³/mol. The van der Waals surface area contributed by atoms with E-state index in [1.165, 1.54) is 7.11 Å². The number of ether oxygens (including phenoxy) is 1. The quantitative estimate of drug-likeness (QED) is 0.689. The number of rotatable bonds is 4. The molecule has 0 spiro atoms. The summed E-state index contributed by atoms with van der Waals surface area (Å²) in [5.41, 5.74) is -0.681. The minimum Gasteiger partial charge on any atom is -0.469 e. The minimum absolute atomic E-state index is 0.00319. The molecule has 2 N–H and O–H groups in total. The molecule has 0 aliphatic carbocycles. The predicted octanol–water partition coefficient (Wildman–Crippen LogP) is 0.157. The molecule has 0 aromatic heterocycles. The summed E-state index contributed by atoms with van der Waals surface area (Å²) >= 11 is 0. The topological polar surface area (TPSA) is 67.4 Å². The van der Waals surface area contributed by atoms with Crippen LogP contribution in [0.1, 0.15) is 20.8 Å². The van der Waals surface area contributed by atoms with E-state index >= 15 is 0 Å². The van der Waals surface area contributed by atoms with Crippen LogP contribution < -0.4 is 10.6 Å². The molecule has 0 aromatic carbocycles. The molecule has 0 aromatic rings. The first-order valence-corrected chi connectivity index (χ1v) is 5.95. The zero-order chi connectivity index (χ0) is 13.1. The van der Waals surface area contributed by atoms with Crippen molar-refractivity contribution in [2.45, 2.75) is 20.8 Å². The average Bonchev–Trinajstić information content (AvgIpc) is 2.71. The number of nitrogens with one attached hydrogen (secondary N) is 2. The Morgan fingerprint density at radius 3 is 2.53 bits per heavy atom. The fourth-order valence-corrected chi connectivity index (χ4v) is 1.95. The molecule has 17 heavy (non-hydrogen) atoms. The Bertz CT molecular complexity index is 302. The van der Waals surface area contributed by atoms with E-state index < -0.39 is 5.41 Å². The van der Waals surface area contributed by atoms with Crippen LogP contribution in [0.25, 0.3) is 0 Å². The number of methoxy groups -OCH3 is 1. The van der Waals surface area contributed by atoms with Crippen molar-refractivity contribution in [1.82, 2.24) is 10.6 Å². The van der Waals surface area contributed by atoms with E-state index in [0.29, 0.717) is 19.0 Å². The summed E-state index contributed by atoms with van der Waals surface area (Å²) in [5.74, 6) is 0.0505. The Morgan fingerprint density at radius 2 is 2.06 bits per heavy atom. The maximum atomic E-state index is 11.9. The average molecular weight is 242 g/mol. The van der Waals surface area contributed by atoms with Gasteiger partial charge in [-0.1, -0.05) is 6.92 Å². The molecule has 1 saturated heterocycles. The second-order valence-corrected chi connectivity index (χ2v) is 5.34. The Hall–Kier alpha value is -1.10.